The second-order valence-electron chi connectivity index (χ2n) is 15.7. The van der Waals surface area contributed by atoms with Gasteiger partial charge in [-0.05, 0) is 73.4 Å². The van der Waals surface area contributed by atoms with Crippen LogP contribution in [0, 0.1) is 0 Å². The molecule has 1 atom stereocenters. The molecule has 4 aromatic heterocycles. The summed E-state index contributed by atoms with van der Waals surface area (Å²) in [6, 6.07) is 20.6. The van der Waals surface area contributed by atoms with E-state index in [2.05, 4.69) is 61.0 Å². The van der Waals surface area contributed by atoms with Gasteiger partial charge in [0.25, 0.3) is 11.8 Å². The lowest BCUT2D eigenvalue weighted by Crippen LogP contribution is -2.54. The lowest BCUT2D eigenvalue weighted by molar-refractivity contribution is -0.136. The number of carbonyl (C=O) groups excluding carboxylic acids is 4. The molecule has 0 spiro atoms. The van der Waals surface area contributed by atoms with Crippen molar-refractivity contribution in [3.8, 4) is 22.8 Å². The number of hydrogen-bond donors (Lipinski definition) is 1. The molecule has 0 bridgehead atoms. The van der Waals surface area contributed by atoms with Crippen molar-refractivity contribution >= 4 is 51.1 Å². The van der Waals surface area contributed by atoms with E-state index >= 15 is 0 Å². The highest BCUT2D eigenvalue weighted by Gasteiger charge is 2.45. The molecule has 2 saturated heterocycles. The standard InChI is InChI=1S/C45H41N7O7/c1-50-38-14-15-46-23-37(38)34-9-4-26(17-40(34)50)27-5-13-42(48-21-27)59-32-19-31(20-32)58-30-8-6-28(47-22-30)3-2-16-57-33-24-51(25-33)29-7-10-35-36(18-29)45(56)52(44(35)55)39-11-12-41(53)49-43(39)54/h4-10,13-15,17-18,21-23,31-33,39H,2-3,11-12,16,19-20,24-25H2,1H3,(H,49,53,54)/t31-,32+,39?. The number of hydrogen-bond acceptors (Lipinski definition) is 11. The highest BCUT2D eigenvalue weighted by atomic mass is 16.5. The molecule has 1 N–H and O–H groups in total. The van der Waals surface area contributed by atoms with Crippen LogP contribution in [0.3, 0.4) is 0 Å². The Kier molecular flexibility index (Phi) is 9.27. The van der Waals surface area contributed by atoms with Gasteiger partial charge in [-0.15, -0.1) is 0 Å². The van der Waals surface area contributed by atoms with E-state index in [1.54, 1.807) is 18.3 Å². The molecule has 3 aliphatic heterocycles. The van der Waals surface area contributed by atoms with Crippen LogP contribution in [0.4, 0.5) is 5.69 Å². The predicted molar refractivity (Wildman–Crippen MR) is 217 cm³/mol. The Hall–Kier alpha value is -6.67. The molecule has 298 valence electrons. The van der Waals surface area contributed by atoms with E-state index in [0.29, 0.717) is 25.6 Å². The zero-order valence-electron chi connectivity index (χ0n) is 32.4. The van der Waals surface area contributed by atoms with Gasteiger partial charge in [-0.3, -0.25) is 39.4 Å². The van der Waals surface area contributed by atoms with Crippen molar-refractivity contribution in [2.75, 3.05) is 24.6 Å². The molecule has 10 rings (SSSR count). The van der Waals surface area contributed by atoms with Crippen LogP contribution >= 0.6 is 0 Å². The number of aryl methyl sites for hydroxylation is 2. The van der Waals surface area contributed by atoms with E-state index < -0.39 is 29.7 Å². The summed E-state index contributed by atoms with van der Waals surface area (Å²) in [5, 5.41) is 4.56. The van der Waals surface area contributed by atoms with Gasteiger partial charge in [0, 0.05) is 104 Å². The Bertz CT molecular complexity index is 2630. The van der Waals surface area contributed by atoms with Gasteiger partial charge >= 0.3 is 0 Å². The molecule has 1 unspecified atom stereocenters. The molecule has 1 aliphatic carbocycles. The number of benzene rings is 2. The van der Waals surface area contributed by atoms with Crippen LogP contribution in [-0.2, 0) is 27.8 Å². The topological polar surface area (TPSA) is 158 Å². The maximum atomic E-state index is 13.2. The molecule has 6 aromatic rings. The van der Waals surface area contributed by atoms with Crippen LogP contribution in [0.1, 0.15) is 58.5 Å². The fraction of sp³-hybridized carbons (Fsp3) is 0.311. The summed E-state index contributed by atoms with van der Waals surface area (Å²) in [5.74, 6) is -0.682. The molecule has 4 amide bonds. The molecule has 7 heterocycles. The molecular formula is C45H41N7O7. The van der Waals surface area contributed by atoms with Crippen LogP contribution < -0.4 is 19.7 Å². The summed E-state index contributed by atoms with van der Waals surface area (Å²) < 4.78 is 20.6. The number of pyridine rings is 3. The smallest absolute Gasteiger partial charge is 0.262 e. The Balaban J connectivity index is 0.633. The molecule has 14 nitrogen and oxygen atoms in total. The van der Waals surface area contributed by atoms with Crippen LogP contribution in [0.15, 0.2) is 91.5 Å². The zero-order chi connectivity index (χ0) is 40.2. The first-order valence-corrected chi connectivity index (χ1v) is 20.0. The monoisotopic (exact) mass is 791 g/mol. The first-order valence-electron chi connectivity index (χ1n) is 20.0. The van der Waals surface area contributed by atoms with Crippen molar-refractivity contribution in [2.45, 2.75) is 62.9 Å². The number of rotatable bonds is 12. The van der Waals surface area contributed by atoms with E-state index in [1.165, 1.54) is 5.39 Å². The van der Waals surface area contributed by atoms with Gasteiger partial charge in [0.1, 0.15) is 24.0 Å². The summed E-state index contributed by atoms with van der Waals surface area (Å²) in [5.41, 5.74) is 6.78. The van der Waals surface area contributed by atoms with Gasteiger partial charge in [-0.25, -0.2) is 4.98 Å². The highest BCUT2D eigenvalue weighted by molar-refractivity contribution is 6.23. The highest BCUT2D eigenvalue weighted by Crippen LogP contribution is 2.35. The number of nitrogens with zero attached hydrogens (tertiary/aromatic N) is 6. The maximum absolute atomic E-state index is 13.2. The minimum atomic E-state index is -0.980. The SMILES string of the molecule is Cn1c2ccncc2c2ccc(-c3ccc(O[C@H]4C[C@@H](Oc5ccc(CCCOC6CN(c7ccc8c(c7)C(=O)N(C7CCC(=O)NC7=O)C8=O)C6)nc5)C4)nc3)cc21. The second kappa shape index (κ2) is 14.9. The number of ether oxygens (including phenoxy) is 3. The third-order valence-electron chi connectivity index (χ3n) is 11.9. The number of fused-ring (bicyclic) bond motifs is 4. The largest absolute Gasteiger partial charge is 0.489 e. The first-order chi connectivity index (χ1) is 28.8. The van der Waals surface area contributed by atoms with Gasteiger partial charge in [-0.1, -0.05) is 12.1 Å². The summed E-state index contributed by atoms with van der Waals surface area (Å²) >= 11 is 0. The van der Waals surface area contributed by atoms with Crippen LogP contribution in [0.25, 0.3) is 32.9 Å². The molecular weight excluding hydrogens is 751 g/mol. The average molecular weight is 792 g/mol. The Morgan fingerprint density at radius 3 is 2.39 bits per heavy atom. The van der Waals surface area contributed by atoms with E-state index in [9.17, 15) is 19.2 Å². The number of imide groups is 2. The van der Waals surface area contributed by atoms with Crippen molar-refractivity contribution in [3.05, 3.63) is 108 Å². The Morgan fingerprint density at radius 2 is 1.59 bits per heavy atom. The van der Waals surface area contributed by atoms with Gasteiger partial charge in [0.15, 0.2) is 0 Å². The van der Waals surface area contributed by atoms with Gasteiger partial charge in [0.2, 0.25) is 17.7 Å². The van der Waals surface area contributed by atoms with Gasteiger partial charge in [0.05, 0.1) is 28.9 Å². The molecule has 0 radical (unpaired) electrons. The molecule has 2 aromatic carbocycles. The molecule has 4 aliphatic rings. The third kappa shape index (κ3) is 6.92. The summed E-state index contributed by atoms with van der Waals surface area (Å²) in [6.45, 7) is 1.93. The molecule has 59 heavy (non-hydrogen) atoms. The number of nitrogens with one attached hydrogen (secondary N) is 1. The number of amides is 4. The Morgan fingerprint density at radius 1 is 0.763 bits per heavy atom. The number of piperidine rings is 1. The lowest BCUT2D eigenvalue weighted by atomic mass is 9.92. The van der Waals surface area contributed by atoms with Crippen LogP contribution in [-0.4, -0.2) is 92.1 Å². The van der Waals surface area contributed by atoms with Crippen LogP contribution in [0.2, 0.25) is 0 Å². The number of anilines is 1. The normalized spacial score (nSPS) is 20.5. The number of aromatic nitrogens is 4. The summed E-state index contributed by atoms with van der Waals surface area (Å²) in [4.78, 5) is 66.7. The van der Waals surface area contributed by atoms with Crippen molar-refractivity contribution < 1.29 is 33.4 Å². The molecule has 14 heteroatoms. The maximum Gasteiger partial charge on any atom is 0.262 e. The van der Waals surface area contributed by atoms with E-state index in [1.807, 2.05) is 48.9 Å². The van der Waals surface area contributed by atoms with E-state index in [-0.39, 0.29) is 42.3 Å². The fourth-order valence-corrected chi connectivity index (χ4v) is 8.47. The van der Waals surface area contributed by atoms with Crippen molar-refractivity contribution in [3.63, 3.8) is 0 Å². The second-order valence-corrected chi connectivity index (χ2v) is 15.7. The predicted octanol–water partition coefficient (Wildman–Crippen LogP) is 5.41. The summed E-state index contributed by atoms with van der Waals surface area (Å²) in [6.07, 6.45) is 10.9. The average Bonchev–Trinajstić information content (AvgIpc) is 3.64. The van der Waals surface area contributed by atoms with Gasteiger partial charge < -0.3 is 23.7 Å². The Labute approximate surface area is 339 Å². The fourth-order valence-electron chi connectivity index (χ4n) is 8.47. The van der Waals surface area contributed by atoms with E-state index in [0.717, 1.165) is 75.3 Å². The minimum Gasteiger partial charge on any atom is -0.489 e. The van der Waals surface area contributed by atoms with Crippen molar-refractivity contribution in [1.29, 1.82) is 0 Å². The number of carbonyl (C=O) groups is 4. The minimum absolute atomic E-state index is 0.0511. The molecule has 3 fully saturated rings. The summed E-state index contributed by atoms with van der Waals surface area (Å²) in [7, 11) is 2.08. The quantitative estimate of drug-likeness (QED) is 0.125. The van der Waals surface area contributed by atoms with Crippen LogP contribution in [0.5, 0.6) is 11.6 Å². The lowest BCUT2D eigenvalue weighted by Gasteiger charge is -2.40. The molecule has 1 saturated carbocycles. The van der Waals surface area contributed by atoms with E-state index in [4.69, 9.17) is 14.2 Å². The first kappa shape index (κ1) is 36.7. The van der Waals surface area contributed by atoms with Crippen molar-refractivity contribution in [2.24, 2.45) is 7.05 Å². The van der Waals surface area contributed by atoms with Gasteiger partial charge in [-0.2, -0.15) is 0 Å². The van der Waals surface area contributed by atoms with Crippen molar-refractivity contribution in [1.82, 2.24) is 29.7 Å². The third-order valence-corrected chi connectivity index (χ3v) is 11.9. The zero-order valence-corrected chi connectivity index (χ0v) is 32.4.